The number of anilines is 1. The Morgan fingerprint density at radius 3 is 2.85 bits per heavy atom. The third kappa shape index (κ3) is 2.69. The molecule has 110 valence electrons. The summed E-state index contributed by atoms with van der Waals surface area (Å²) in [5.74, 6) is -1.17. The Kier molecular flexibility index (Phi) is 4.39. The zero-order chi connectivity index (χ0) is 14.8. The quantitative estimate of drug-likeness (QED) is 0.789. The third-order valence-corrected chi connectivity index (χ3v) is 4.79. The first kappa shape index (κ1) is 14.9. The molecule has 20 heavy (non-hydrogen) atoms. The summed E-state index contributed by atoms with van der Waals surface area (Å²) in [5, 5.41) is 15.5. The van der Waals surface area contributed by atoms with Crippen molar-refractivity contribution in [2.75, 3.05) is 18.4 Å². The van der Waals surface area contributed by atoms with Gasteiger partial charge in [0.2, 0.25) is 5.91 Å². The van der Waals surface area contributed by atoms with Crippen LogP contribution in [-0.2, 0) is 4.79 Å². The Hall–Kier alpha value is -1.47. The number of nitrogens with one attached hydrogen (secondary N) is 2. The summed E-state index contributed by atoms with van der Waals surface area (Å²) >= 11 is 1.02. The first-order valence-corrected chi connectivity index (χ1v) is 7.49. The lowest BCUT2D eigenvalue weighted by molar-refractivity contribution is -0.126. The molecule has 0 aliphatic carbocycles. The van der Waals surface area contributed by atoms with Crippen LogP contribution in [0.25, 0.3) is 0 Å². The molecular formula is C13H19N3O3S. The number of piperidine rings is 1. The Morgan fingerprint density at radius 2 is 2.30 bits per heavy atom. The van der Waals surface area contributed by atoms with E-state index >= 15 is 0 Å². The van der Waals surface area contributed by atoms with Crippen LogP contribution in [0.15, 0.2) is 0 Å². The molecule has 0 spiro atoms. The predicted molar refractivity (Wildman–Crippen MR) is 77.3 cm³/mol. The highest BCUT2D eigenvalue weighted by molar-refractivity contribution is 7.11. The Morgan fingerprint density at radius 1 is 1.55 bits per heavy atom. The van der Waals surface area contributed by atoms with E-state index in [4.69, 9.17) is 0 Å². The molecule has 0 aromatic carbocycles. The number of hydrogen-bond acceptors (Lipinski definition) is 5. The average molecular weight is 297 g/mol. The van der Waals surface area contributed by atoms with Gasteiger partial charge in [0.25, 0.3) is 0 Å². The first-order valence-electron chi connectivity index (χ1n) is 6.72. The van der Waals surface area contributed by atoms with Crippen molar-refractivity contribution >= 4 is 28.4 Å². The first-order chi connectivity index (χ1) is 9.50. The molecular weight excluding hydrogens is 278 g/mol. The zero-order valence-electron chi connectivity index (χ0n) is 11.7. The predicted octanol–water partition coefficient (Wildman–Crippen LogP) is 1.87. The number of carboxylic acids is 1. The molecule has 0 radical (unpaired) electrons. The van der Waals surface area contributed by atoms with E-state index in [0.717, 1.165) is 37.3 Å². The molecule has 2 heterocycles. The lowest BCUT2D eigenvalue weighted by Crippen LogP contribution is -2.47. The van der Waals surface area contributed by atoms with Crippen LogP contribution in [-0.4, -0.2) is 34.4 Å². The van der Waals surface area contributed by atoms with E-state index in [1.54, 1.807) is 6.92 Å². The fraction of sp³-hybridized carbons (Fsp3) is 0.615. The Balaban J connectivity index is 2.21. The maximum atomic E-state index is 12.5. The summed E-state index contributed by atoms with van der Waals surface area (Å²) in [6.07, 6.45) is 2.50. The van der Waals surface area contributed by atoms with Crippen molar-refractivity contribution < 1.29 is 14.7 Å². The third-order valence-electron chi connectivity index (χ3n) is 3.93. The summed E-state index contributed by atoms with van der Waals surface area (Å²) in [4.78, 5) is 23.8. The normalized spacial score (nSPS) is 22.5. The van der Waals surface area contributed by atoms with Crippen LogP contribution < -0.4 is 10.6 Å². The van der Waals surface area contributed by atoms with Gasteiger partial charge in [-0.15, -0.1) is 0 Å². The van der Waals surface area contributed by atoms with Crippen molar-refractivity contribution in [3.05, 3.63) is 11.3 Å². The SMILES string of the molecule is CCC1(C(=O)Nc2snc(C)c2C(=O)O)CCCNC1. The van der Waals surface area contributed by atoms with E-state index in [9.17, 15) is 14.7 Å². The maximum Gasteiger partial charge on any atom is 0.340 e. The van der Waals surface area contributed by atoms with Gasteiger partial charge in [-0.3, -0.25) is 4.79 Å². The molecule has 2 rings (SSSR count). The van der Waals surface area contributed by atoms with Crippen LogP contribution in [0.2, 0.25) is 0 Å². The highest BCUT2D eigenvalue weighted by Gasteiger charge is 2.38. The minimum atomic E-state index is -1.06. The van der Waals surface area contributed by atoms with Crippen molar-refractivity contribution in [3.63, 3.8) is 0 Å². The topological polar surface area (TPSA) is 91.3 Å². The molecule has 1 fully saturated rings. The highest BCUT2D eigenvalue weighted by Crippen LogP contribution is 2.33. The summed E-state index contributed by atoms with van der Waals surface area (Å²) in [6.45, 7) is 5.18. The molecule has 1 unspecified atom stereocenters. The molecule has 7 heteroatoms. The fourth-order valence-electron chi connectivity index (χ4n) is 2.57. The molecule has 1 aromatic rings. The standard InChI is InChI=1S/C13H19N3O3S/c1-3-13(5-4-6-14-7-13)12(19)15-10-9(11(17)18)8(2)16-20-10/h14H,3-7H2,1-2H3,(H,15,19)(H,17,18). The highest BCUT2D eigenvalue weighted by atomic mass is 32.1. The van der Waals surface area contributed by atoms with Gasteiger partial charge in [-0.05, 0) is 44.3 Å². The van der Waals surface area contributed by atoms with Crippen molar-refractivity contribution in [3.8, 4) is 0 Å². The van der Waals surface area contributed by atoms with Crippen LogP contribution in [0.5, 0.6) is 0 Å². The number of carbonyl (C=O) groups is 2. The van der Waals surface area contributed by atoms with Gasteiger partial charge in [0.15, 0.2) is 0 Å². The average Bonchev–Trinajstić information content (AvgIpc) is 2.80. The number of aromatic nitrogens is 1. The van der Waals surface area contributed by atoms with E-state index in [2.05, 4.69) is 15.0 Å². The number of nitrogens with zero attached hydrogens (tertiary/aromatic N) is 1. The number of carboxylic acid groups (broad SMARTS) is 1. The Labute approximate surface area is 121 Å². The lowest BCUT2D eigenvalue weighted by atomic mass is 9.77. The van der Waals surface area contributed by atoms with Crippen LogP contribution in [0, 0.1) is 12.3 Å². The number of aryl methyl sites for hydroxylation is 1. The molecule has 1 atom stereocenters. The van der Waals surface area contributed by atoms with E-state index in [1.165, 1.54) is 0 Å². The Bertz CT molecular complexity index is 521. The number of carbonyl (C=O) groups excluding carboxylic acids is 1. The molecule has 0 saturated carbocycles. The molecule has 0 bridgehead atoms. The van der Waals surface area contributed by atoms with Crippen LogP contribution in [0.1, 0.15) is 42.2 Å². The van der Waals surface area contributed by atoms with Gasteiger partial charge in [-0.25, -0.2) is 4.79 Å². The van der Waals surface area contributed by atoms with Gasteiger partial charge in [0.05, 0.1) is 11.1 Å². The summed E-state index contributed by atoms with van der Waals surface area (Å²) in [7, 11) is 0. The van der Waals surface area contributed by atoms with Crippen molar-refractivity contribution in [1.82, 2.24) is 9.69 Å². The second kappa shape index (κ2) is 5.88. The van der Waals surface area contributed by atoms with E-state index in [1.807, 2.05) is 6.92 Å². The van der Waals surface area contributed by atoms with Crippen molar-refractivity contribution in [2.24, 2.45) is 5.41 Å². The van der Waals surface area contributed by atoms with Crippen LogP contribution >= 0.6 is 11.5 Å². The number of rotatable bonds is 4. The summed E-state index contributed by atoms with van der Waals surface area (Å²) in [5.41, 5.74) is 0.0785. The van der Waals surface area contributed by atoms with Gasteiger partial charge in [0.1, 0.15) is 10.6 Å². The van der Waals surface area contributed by atoms with Crippen LogP contribution in [0.3, 0.4) is 0 Å². The molecule has 1 aromatic heterocycles. The number of hydrogen-bond donors (Lipinski definition) is 3. The van der Waals surface area contributed by atoms with Gasteiger partial charge in [-0.1, -0.05) is 6.92 Å². The monoisotopic (exact) mass is 297 g/mol. The molecule has 1 aliphatic heterocycles. The van der Waals surface area contributed by atoms with E-state index < -0.39 is 11.4 Å². The van der Waals surface area contributed by atoms with Crippen molar-refractivity contribution in [2.45, 2.75) is 33.1 Å². The fourth-order valence-corrected chi connectivity index (χ4v) is 3.35. The zero-order valence-corrected chi connectivity index (χ0v) is 12.5. The lowest BCUT2D eigenvalue weighted by Gasteiger charge is -2.35. The van der Waals surface area contributed by atoms with Gasteiger partial charge >= 0.3 is 5.97 Å². The molecule has 1 aliphatic rings. The van der Waals surface area contributed by atoms with Gasteiger partial charge < -0.3 is 15.7 Å². The minimum absolute atomic E-state index is 0.0957. The maximum absolute atomic E-state index is 12.5. The summed E-state index contributed by atoms with van der Waals surface area (Å²) in [6, 6.07) is 0. The van der Waals surface area contributed by atoms with Crippen LogP contribution in [0.4, 0.5) is 5.00 Å². The van der Waals surface area contributed by atoms with E-state index in [0.29, 0.717) is 17.2 Å². The van der Waals surface area contributed by atoms with Crippen molar-refractivity contribution in [1.29, 1.82) is 0 Å². The second-order valence-corrected chi connectivity index (χ2v) is 5.92. The summed E-state index contributed by atoms with van der Waals surface area (Å²) < 4.78 is 4.02. The van der Waals surface area contributed by atoms with E-state index in [-0.39, 0.29) is 11.5 Å². The number of amides is 1. The molecule has 1 saturated heterocycles. The molecule has 1 amide bonds. The van der Waals surface area contributed by atoms with Gasteiger partial charge in [-0.2, -0.15) is 4.37 Å². The largest absolute Gasteiger partial charge is 0.478 e. The molecule has 3 N–H and O–H groups in total. The smallest absolute Gasteiger partial charge is 0.340 e. The minimum Gasteiger partial charge on any atom is -0.478 e. The number of aromatic carboxylic acids is 1. The van der Waals surface area contributed by atoms with Gasteiger partial charge in [0, 0.05) is 6.54 Å². The second-order valence-electron chi connectivity index (χ2n) is 5.15. The molecule has 6 nitrogen and oxygen atoms in total.